The molecule has 4 rings (SSSR count). The summed E-state index contributed by atoms with van der Waals surface area (Å²) in [5, 5.41) is 0. The third-order valence-corrected chi connectivity index (χ3v) is 5.49. The Morgan fingerprint density at radius 2 is 1.82 bits per heavy atom. The average molecular weight is 381 g/mol. The number of rotatable bonds is 3. The highest BCUT2D eigenvalue weighted by atomic mass is 16.5. The number of amides is 1. The van der Waals surface area contributed by atoms with Gasteiger partial charge in [-0.3, -0.25) is 4.79 Å². The van der Waals surface area contributed by atoms with Gasteiger partial charge in [-0.05, 0) is 31.4 Å². The molecular formula is C22H23NO5. The SMILES string of the molecule is COC(=O)[C@@H]1CCCCN1C(=O)C1c2ccccc2Oc2c(OC)cccc21. The van der Waals surface area contributed by atoms with Crippen LogP contribution < -0.4 is 9.47 Å². The lowest BCUT2D eigenvalue weighted by Gasteiger charge is -2.38. The average Bonchev–Trinajstić information content (AvgIpc) is 2.76. The molecule has 0 bridgehead atoms. The second kappa shape index (κ2) is 7.54. The van der Waals surface area contributed by atoms with E-state index in [2.05, 4.69) is 0 Å². The third-order valence-electron chi connectivity index (χ3n) is 5.49. The second-order valence-electron chi connectivity index (χ2n) is 7.02. The van der Waals surface area contributed by atoms with Crippen LogP contribution in [0.15, 0.2) is 42.5 Å². The van der Waals surface area contributed by atoms with Gasteiger partial charge in [0, 0.05) is 17.7 Å². The molecule has 1 amide bonds. The van der Waals surface area contributed by atoms with Crippen LogP contribution in [0.2, 0.25) is 0 Å². The lowest BCUT2D eigenvalue weighted by atomic mass is 9.85. The summed E-state index contributed by atoms with van der Waals surface area (Å²) in [5.41, 5.74) is 1.54. The van der Waals surface area contributed by atoms with Gasteiger partial charge in [-0.2, -0.15) is 0 Å². The first-order valence-corrected chi connectivity index (χ1v) is 9.47. The standard InChI is InChI=1S/C22H23NO5/c1-26-18-12-7-9-15-19(14-8-3-4-11-17(14)28-20(15)18)21(24)23-13-6-5-10-16(23)22(25)27-2/h3-4,7-9,11-12,16,19H,5-6,10,13H2,1-2H3/t16-,19?/m0/s1. The summed E-state index contributed by atoms with van der Waals surface area (Å²) in [6.45, 7) is 0.539. The Morgan fingerprint density at radius 3 is 2.61 bits per heavy atom. The number of carbonyl (C=O) groups excluding carboxylic acids is 2. The fourth-order valence-corrected chi connectivity index (χ4v) is 4.13. The van der Waals surface area contributed by atoms with E-state index in [1.165, 1.54) is 7.11 Å². The lowest BCUT2D eigenvalue weighted by Crippen LogP contribution is -2.50. The Morgan fingerprint density at radius 1 is 1.04 bits per heavy atom. The van der Waals surface area contributed by atoms with Crippen molar-refractivity contribution in [3.05, 3.63) is 53.6 Å². The number of hydrogen-bond acceptors (Lipinski definition) is 5. The summed E-state index contributed by atoms with van der Waals surface area (Å²) in [4.78, 5) is 27.7. The molecule has 146 valence electrons. The van der Waals surface area contributed by atoms with Gasteiger partial charge in [0.1, 0.15) is 11.8 Å². The van der Waals surface area contributed by atoms with E-state index in [1.54, 1.807) is 12.0 Å². The van der Waals surface area contributed by atoms with Crippen LogP contribution in [0.5, 0.6) is 17.2 Å². The van der Waals surface area contributed by atoms with Crippen molar-refractivity contribution in [1.82, 2.24) is 4.90 Å². The van der Waals surface area contributed by atoms with Crippen LogP contribution in [0.1, 0.15) is 36.3 Å². The topological polar surface area (TPSA) is 65.1 Å². The zero-order valence-corrected chi connectivity index (χ0v) is 16.0. The number of methoxy groups -OCH3 is 2. The lowest BCUT2D eigenvalue weighted by molar-refractivity contribution is -0.155. The van der Waals surface area contributed by atoms with Gasteiger partial charge in [0.25, 0.3) is 0 Å². The highest BCUT2D eigenvalue weighted by Gasteiger charge is 2.41. The molecule has 1 unspecified atom stereocenters. The Labute approximate surface area is 164 Å². The molecule has 2 heterocycles. The summed E-state index contributed by atoms with van der Waals surface area (Å²) in [7, 11) is 2.94. The minimum atomic E-state index is -0.555. The maximum Gasteiger partial charge on any atom is 0.328 e. The van der Waals surface area contributed by atoms with Crippen LogP contribution in [0, 0.1) is 0 Å². The first kappa shape index (κ1) is 18.3. The van der Waals surface area contributed by atoms with E-state index in [1.807, 2.05) is 42.5 Å². The number of likely N-dealkylation sites (tertiary alicyclic amines) is 1. The molecule has 2 atom stereocenters. The van der Waals surface area contributed by atoms with Gasteiger partial charge in [-0.25, -0.2) is 4.79 Å². The van der Waals surface area contributed by atoms with E-state index < -0.39 is 12.0 Å². The Balaban J connectivity index is 1.80. The molecule has 6 heteroatoms. The molecule has 2 aliphatic heterocycles. The van der Waals surface area contributed by atoms with Crippen LogP contribution in [0.4, 0.5) is 0 Å². The van der Waals surface area contributed by atoms with Gasteiger partial charge in [-0.15, -0.1) is 0 Å². The number of benzene rings is 2. The molecule has 6 nitrogen and oxygen atoms in total. The van der Waals surface area contributed by atoms with Gasteiger partial charge in [0.2, 0.25) is 5.91 Å². The Bertz CT molecular complexity index is 910. The minimum Gasteiger partial charge on any atom is -0.493 e. The van der Waals surface area contributed by atoms with Crippen molar-refractivity contribution in [3.8, 4) is 17.2 Å². The van der Waals surface area contributed by atoms with Crippen LogP contribution in [-0.4, -0.2) is 43.6 Å². The van der Waals surface area contributed by atoms with Crippen molar-refractivity contribution in [2.75, 3.05) is 20.8 Å². The summed E-state index contributed by atoms with van der Waals surface area (Å²) in [6.07, 6.45) is 2.39. The molecule has 2 aliphatic rings. The number of esters is 1. The summed E-state index contributed by atoms with van der Waals surface area (Å²) >= 11 is 0. The number of hydrogen-bond donors (Lipinski definition) is 0. The predicted octanol–water partition coefficient (Wildman–Crippen LogP) is 3.49. The molecule has 2 aromatic rings. The van der Waals surface area contributed by atoms with E-state index in [0.717, 1.165) is 24.0 Å². The Hall–Kier alpha value is -3.02. The zero-order valence-electron chi connectivity index (χ0n) is 16.0. The summed E-state index contributed by atoms with van der Waals surface area (Å²) < 4.78 is 16.5. The van der Waals surface area contributed by atoms with Crippen LogP contribution in [0.3, 0.4) is 0 Å². The summed E-state index contributed by atoms with van der Waals surface area (Å²) in [6, 6.07) is 12.5. The fraction of sp³-hybridized carbons (Fsp3) is 0.364. The van der Waals surface area contributed by atoms with Crippen molar-refractivity contribution in [2.24, 2.45) is 0 Å². The number of fused-ring (bicyclic) bond motifs is 2. The van der Waals surface area contributed by atoms with E-state index in [4.69, 9.17) is 14.2 Å². The zero-order chi connectivity index (χ0) is 19.7. The molecule has 0 N–H and O–H groups in total. The fourth-order valence-electron chi connectivity index (χ4n) is 4.13. The first-order chi connectivity index (χ1) is 13.7. The van der Waals surface area contributed by atoms with Crippen molar-refractivity contribution in [2.45, 2.75) is 31.2 Å². The summed E-state index contributed by atoms with van der Waals surface area (Å²) in [5.74, 6) is 0.728. The van der Waals surface area contributed by atoms with E-state index in [-0.39, 0.29) is 11.9 Å². The molecule has 0 saturated carbocycles. The molecule has 28 heavy (non-hydrogen) atoms. The van der Waals surface area contributed by atoms with E-state index in [9.17, 15) is 9.59 Å². The van der Waals surface area contributed by atoms with Gasteiger partial charge in [0.15, 0.2) is 11.5 Å². The number of ether oxygens (including phenoxy) is 3. The Kier molecular flexibility index (Phi) is 4.94. The van der Waals surface area contributed by atoms with E-state index >= 15 is 0 Å². The highest BCUT2D eigenvalue weighted by molar-refractivity contribution is 5.93. The molecule has 1 fully saturated rings. The number of piperidine rings is 1. The second-order valence-corrected chi connectivity index (χ2v) is 7.02. The van der Waals surface area contributed by atoms with E-state index in [0.29, 0.717) is 30.2 Å². The smallest absolute Gasteiger partial charge is 0.328 e. The molecule has 0 spiro atoms. The quantitative estimate of drug-likeness (QED) is 0.762. The molecule has 0 radical (unpaired) electrons. The predicted molar refractivity (Wildman–Crippen MR) is 103 cm³/mol. The van der Waals surface area contributed by atoms with Gasteiger partial charge in [0.05, 0.1) is 20.1 Å². The largest absolute Gasteiger partial charge is 0.493 e. The van der Waals surface area contributed by atoms with Crippen molar-refractivity contribution >= 4 is 11.9 Å². The molecule has 0 aromatic heterocycles. The van der Waals surface area contributed by atoms with Gasteiger partial charge >= 0.3 is 5.97 Å². The highest BCUT2D eigenvalue weighted by Crippen LogP contribution is 2.49. The molecule has 1 saturated heterocycles. The molecular weight excluding hydrogens is 358 g/mol. The maximum atomic E-state index is 13.7. The third kappa shape index (κ3) is 2.99. The van der Waals surface area contributed by atoms with Gasteiger partial charge < -0.3 is 19.1 Å². The first-order valence-electron chi connectivity index (χ1n) is 9.47. The molecule has 0 aliphatic carbocycles. The normalized spacial score (nSPS) is 20.4. The van der Waals surface area contributed by atoms with Gasteiger partial charge in [-0.1, -0.05) is 30.3 Å². The monoisotopic (exact) mass is 381 g/mol. The minimum absolute atomic E-state index is 0.111. The van der Waals surface area contributed by atoms with Crippen molar-refractivity contribution < 1.29 is 23.8 Å². The van der Waals surface area contributed by atoms with Crippen molar-refractivity contribution in [1.29, 1.82) is 0 Å². The number of nitrogens with zero attached hydrogens (tertiary/aromatic N) is 1. The van der Waals surface area contributed by atoms with Crippen LogP contribution in [0.25, 0.3) is 0 Å². The molecule has 2 aromatic carbocycles. The maximum absolute atomic E-state index is 13.7. The van der Waals surface area contributed by atoms with Crippen LogP contribution >= 0.6 is 0 Å². The van der Waals surface area contributed by atoms with Crippen LogP contribution in [-0.2, 0) is 14.3 Å². The number of carbonyl (C=O) groups is 2. The van der Waals surface area contributed by atoms with Crippen molar-refractivity contribution in [3.63, 3.8) is 0 Å². The number of para-hydroxylation sites is 2.